The van der Waals surface area contributed by atoms with Gasteiger partial charge in [-0.3, -0.25) is 9.78 Å². The standard InChI is InChI=1S/C15H13ClN2O/c1-10-6-13(9-17-8-10)18-5-4-11-7-12(16)2-3-14(11)15(18)19/h2-3,6-9H,4-5H2,1H3. The average Bonchev–Trinajstić information content (AvgIpc) is 2.39. The van der Waals surface area contributed by atoms with Crippen LogP contribution >= 0.6 is 11.6 Å². The molecule has 0 radical (unpaired) electrons. The summed E-state index contributed by atoms with van der Waals surface area (Å²) in [5.41, 5.74) is 3.66. The number of carbonyl (C=O) groups is 1. The molecule has 0 N–H and O–H groups in total. The predicted molar refractivity (Wildman–Crippen MR) is 75.8 cm³/mol. The maximum absolute atomic E-state index is 12.5. The zero-order valence-electron chi connectivity index (χ0n) is 10.6. The van der Waals surface area contributed by atoms with Crippen LogP contribution in [0.1, 0.15) is 21.5 Å². The van der Waals surface area contributed by atoms with Gasteiger partial charge in [0, 0.05) is 23.3 Å². The molecule has 0 atom stereocenters. The number of aromatic nitrogens is 1. The van der Waals surface area contributed by atoms with E-state index in [2.05, 4.69) is 4.98 Å². The molecule has 3 rings (SSSR count). The molecule has 3 nitrogen and oxygen atoms in total. The van der Waals surface area contributed by atoms with Crippen molar-refractivity contribution in [2.45, 2.75) is 13.3 Å². The third-order valence-electron chi connectivity index (χ3n) is 3.32. The van der Waals surface area contributed by atoms with E-state index in [4.69, 9.17) is 11.6 Å². The quantitative estimate of drug-likeness (QED) is 0.798. The zero-order valence-corrected chi connectivity index (χ0v) is 11.3. The molecule has 1 amide bonds. The number of fused-ring (bicyclic) bond motifs is 1. The summed E-state index contributed by atoms with van der Waals surface area (Å²) in [6.45, 7) is 2.63. The minimum atomic E-state index is 0.0188. The molecule has 0 bridgehead atoms. The maximum Gasteiger partial charge on any atom is 0.258 e. The average molecular weight is 273 g/mol. The number of anilines is 1. The molecule has 0 spiro atoms. The fraction of sp³-hybridized carbons (Fsp3) is 0.200. The fourth-order valence-electron chi connectivity index (χ4n) is 2.39. The Kier molecular flexibility index (Phi) is 2.99. The molecule has 1 aromatic heterocycles. The summed E-state index contributed by atoms with van der Waals surface area (Å²) in [7, 11) is 0. The van der Waals surface area contributed by atoms with Gasteiger partial charge in [-0.2, -0.15) is 0 Å². The molecule has 0 saturated heterocycles. The van der Waals surface area contributed by atoms with Crippen molar-refractivity contribution in [2.75, 3.05) is 11.4 Å². The molecular formula is C15H13ClN2O. The number of rotatable bonds is 1. The van der Waals surface area contributed by atoms with Crippen LogP contribution in [-0.2, 0) is 6.42 Å². The maximum atomic E-state index is 12.5. The van der Waals surface area contributed by atoms with Gasteiger partial charge in [0.1, 0.15) is 0 Å². The molecule has 2 aromatic rings. The fourth-order valence-corrected chi connectivity index (χ4v) is 2.58. The summed E-state index contributed by atoms with van der Waals surface area (Å²) in [5, 5.41) is 0.678. The third kappa shape index (κ3) is 2.22. The second-order valence-electron chi connectivity index (χ2n) is 4.73. The summed E-state index contributed by atoms with van der Waals surface area (Å²) in [4.78, 5) is 18.4. The lowest BCUT2D eigenvalue weighted by molar-refractivity contribution is 0.0980. The number of aryl methyl sites for hydroxylation is 1. The van der Waals surface area contributed by atoms with E-state index in [1.807, 2.05) is 19.1 Å². The van der Waals surface area contributed by atoms with Crippen LogP contribution in [0.25, 0.3) is 0 Å². The van der Waals surface area contributed by atoms with Crippen molar-refractivity contribution >= 4 is 23.2 Å². The van der Waals surface area contributed by atoms with Crippen LogP contribution in [0.15, 0.2) is 36.7 Å². The molecule has 1 aliphatic rings. The van der Waals surface area contributed by atoms with Gasteiger partial charge in [-0.05, 0) is 48.7 Å². The Morgan fingerprint density at radius 2 is 2.11 bits per heavy atom. The zero-order chi connectivity index (χ0) is 13.4. The molecular weight excluding hydrogens is 260 g/mol. The van der Waals surface area contributed by atoms with Gasteiger partial charge in [-0.15, -0.1) is 0 Å². The second-order valence-corrected chi connectivity index (χ2v) is 5.17. The number of benzene rings is 1. The summed E-state index contributed by atoms with van der Waals surface area (Å²) in [6, 6.07) is 7.41. The van der Waals surface area contributed by atoms with Gasteiger partial charge in [0.25, 0.3) is 5.91 Å². The van der Waals surface area contributed by atoms with Gasteiger partial charge in [-0.1, -0.05) is 11.6 Å². The van der Waals surface area contributed by atoms with Crippen LogP contribution in [-0.4, -0.2) is 17.4 Å². The molecule has 2 heterocycles. The van der Waals surface area contributed by atoms with E-state index in [9.17, 15) is 4.79 Å². The number of carbonyl (C=O) groups excluding carboxylic acids is 1. The molecule has 96 valence electrons. The lowest BCUT2D eigenvalue weighted by Gasteiger charge is -2.28. The van der Waals surface area contributed by atoms with Crippen molar-refractivity contribution in [1.29, 1.82) is 0 Å². The highest BCUT2D eigenvalue weighted by molar-refractivity contribution is 6.30. The Hall–Kier alpha value is -1.87. The van der Waals surface area contributed by atoms with Gasteiger partial charge in [0.2, 0.25) is 0 Å². The van der Waals surface area contributed by atoms with Gasteiger partial charge in [0.05, 0.1) is 11.9 Å². The van der Waals surface area contributed by atoms with Crippen molar-refractivity contribution in [3.8, 4) is 0 Å². The number of amides is 1. The largest absolute Gasteiger partial charge is 0.306 e. The van der Waals surface area contributed by atoms with E-state index < -0.39 is 0 Å². The Morgan fingerprint density at radius 1 is 1.26 bits per heavy atom. The molecule has 0 aliphatic carbocycles. The van der Waals surface area contributed by atoms with E-state index in [1.165, 1.54) is 0 Å². The van der Waals surface area contributed by atoms with E-state index >= 15 is 0 Å². The van der Waals surface area contributed by atoms with Crippen LogP contribution in [0.5, 0.6) is 0 Å². The van der Waals surface area contributed by atoms with Gasteiger partial charge >= 0.3 is 0 Å². The van der Waals surface area contributed by atoms with Gasteiger partial charge in [0.15, 0.2) is 0 Å². The van der Waals surface area contributed by atoms with Gasteiger partial charge in [-0.25, -0.2) is 0 Å². The Bertz CT molecular complexity index is 654. The van der Waals surface area contributed by atoms with E-state index in [1.54, 1.807) is 29.4 Å². The summed E-state index contributed by atoms with van der Waals surface area (Å²) in [6.07, 6.45) is 4.33. The Balaban J connectivity index is 2.00. The van der Waals surface area contributed by atoms with Crippen LogP contribution in [0.2, 0.25) is 5.02 Å². The highest BCUT2D eigenvalue weighted by atomic mass is 35.5. The molecule has 0 saturated carbocycles. The van der Waals surface area contributed by atoms with E-state index in [0.29, 0.717) is 11.6 Å². The highest BCUT2D eigenvalue weighted by Gasteiger charge is 2.25. The van der Waals surface area contributed by atoms with Crippen LogP contribution in [0.4, 0.5) is 5.69 Å². The minimum Gasteiger partial charge on any atom is -0.306 e. The SMILES string of the molecule is Cc1cncc(N2CCc3cc(Cl)ccc3C2=O)c1. The number of hydrogen-bond acceptors (Lipinski definition) is 2. The normalized spacial score (nSPS) is 14.4. The Labute approximate surface area is 116 Å². The van der Waals surface area contributed by atoms with Crippen molar-refractivity contribution in [1.82, 2.24) is 4.98 Å². The van der Waals surface area contributed by atoms with Crippen molar-refractivity contribution in [2.24, 2.45) is 0 Å². The van der Waals surface area contributed by atoms with Gasteiger partial charge < -0.3 is 4.90 Å². The van der Waals surface area contributed by atoms with Crippen molar-refractivity contribution < 1.29 is 4.79 Å². The lowest BCUT2D eigenvalue weighted by atomic mass is 9.98. The summed E-state index contributed by atoms with van der Waals surface area (Å²) >= 11 is 5.96. The smallest absolute Gasteiger partial charge is 0.258 e. The molecule has 1 aliphatic heterocycles. The number of halogens is 1. The predicted octanol–water partition coefficient (Wildman–Crippen LogP) is 3.25. The number of pyridine rings is 1. The highest BCUT2D eigenvalue weighted by Crippen LogP contribution is 2.26. The topological polar surface area (TPSA) is 33.2 Å². The monoisotopic (exact) mass is 272 g/mol. The first kappa shape index (κ1) is 12.2. The first-order chi connectivity index (χ1) is 9.15. The molecule has 19 heavy (non-hydrogen) atoms. The lowest BCUT2D eigenvalue weighted by Crippen LogP contribution is -2.37. The molecule has 0 fully saturated rings. The van der Waals surface area contributed by atoms with E-state index in [0.717, 1.165) is 28.8 Å². The first-order valence-electron chi connectivity index (χ1n) is 6.17. The molecule has 4 heteroatoms. The van der Waals surface area contributed by atoms with Crippen molar-refractivity contribution in [3.63, 3.8) is 0 Å². The first-order valence-corrected chi connectivity index (χ1v) is 6.55. The summed E-state index contributed by atoms with van der Waals surface area (Å²) in [5.74, 6) is 0.0188. The van der Waals surface area contributed by atoms with Crippen LogP contribution in [0.3, 0.4) is 0 Å². The number of nitrogens with zero attached hydrogens (tertiary/aromatic N) is 2. The molecule has 0 unspecified atom stereocenters. The second kappa shape index (κ2) is 4.67. The van der Waals surface area contributed by atoms with Crippen LogP contribution in [0, 0.1) is 6.92 Å². The molecule has 1 aromatic carbocycles. The summed E-state index contributed by atoms with van der Waals surface area (Å²) < 4.78 is 0. The Morgan fingerprint density at radius 3 is 2.89 bits per heavy atom. The minimum absolute atomic E-state index is 0.0188. The third-order valence-corrected chi connectivity index (χ3v) is 3.55. The van der Waals surface area contributed by atoms with E-state index in [-0.39, 0.29) is 5.91 Å². The van der Waals surface area contributed by atoms with Crippen LogP contribution < -0.4 is 4.90 Å². The van der Waals surface area contributed by atoms with Crippen molar-refractivity contribution in [3.05, 3.63) is 58.4 Å². The number of hydrogen-bond donors (Lipinski definition) is 0.